The van der Waals surface area contributed by atoms with Gasteiger partial charge in [0.1, 0.15) is 11.1 Å². The molecule has 0 saturated carbocycles. The molecule has 1 saturated heterocycles. The van der Waals surface area contributed by atoms with Crippen LogP contribution in [-0.2, 0) is 0 Å². The second-order valence-corrected chi connectivity index (χ2v) is 8.49. The highest BCUT2D eigenvalue weighted by Gasteiger charge is 2.27. The molecule has 1 N–H and O–H groups in total. The fourth-order valence-corrected chi connectivity index (χ4v) is 4.90. The molecule has 1 aliphatic rings. The van der Waals surface area contributed by atoms with Gasteiger partial charge in [-0.1, -0.05) is 12.1 Å². The predicted octanol–water partition coefficient (Wildman–Crippen LogP) is 5.06. The molecule has 8 nitrogen and oxygen atoms in total. The second kappa shape index (κ2) is 9.70. The Morgan fingerprint density at radius 3 is 1.79 bits per heavy atom. The molecule has 2 aromatic rings. The molecule has 1 heterocycles. The number of hydrogen-bond acceptors (Lipinski definition) is 4. The first kappa shape index (κ1) is 23.7. The predicted molar refractivity (Wildman–Crippen MR) is 133 cm³/mol. The van der Waals surface area contributed by atoms with Crippen LogP contribution in [0.15, 0.2) is 12.1 Å². The van der Waals surface area contributed by atoms with Crippen LogP contribution in [0, 0.1) is 64.1 Å². The summed E-state index contributed by atoms with van der Waals surface area (Å²) >= 11 is 0. The van der Waals surface area contributed by atoms with E-state index in [1.165, 1.54) is 0 Å². The van der Waals surface area contributed by atoms with E-state index in [1.54, 1.807) is 4.90 Å². The highest BCUT2D eigenvalue weighted by molar-refractivity contribution is 5.79. The summed E-state index contributed by atoms with van der Waals surface area (Å²) in [6, 6.07) is 9.13. The van der Waals surface area contributed by atoms with E-state index in [2.05, 4.69) is 32.4 Å². The zero-order chi connectivity index (χ0) is 24.3. The van der Waals surface area contributed by atoms with Crippen LogP contribution < -0.4 is 10.2 Å². The van der Waals surface area contributed by atoms with Crippen LogP contribution in [0.25, 0.3) is 10.0 Å². The molecule has 8 heteroatoms. The molecule has 33 heavy (non-hydrogen) atoms. The third-order valence-corrected chi connectivity index (χ3v) is 6.26. The topological polar surface area (TPSA) is 90.4 Å². The normalized spacial score (nSPS) is 12.5. The van der Waals surface area contributed by atoms with Gasteiger partial charge in [0.15, 0.2) is 0 Å². The summed E-state index contributed by atoms with van der Waals surface area (Å²) in [6.45, 7) is 14.1. The van der Waals surface area contributed by atoms with E-state index in [4.69, 9.17) is 0 Å². The molecule has 0 unspecified atom stereocenters. The first-order valence-electron chi connectivity index (χ1n) is 10.9. The zero-order valence-electron chi connectivity index (χ0n) is 20.0. The summed E-state index contributed by atoms with van der Waals surface area (Å²) in [5.74, 6) is 0. The number of benzene rings is 2. The minimum Gasteiger partial charge on any atom is -0.498 e. The van der Waals surface area contributed by atoms with Gasteiger partial charge < -0.3 is 25.5 Å². The van der Waals surface area contributed by atoms with Gasteiger partial charge in [0.25, 0.3) is 0 Å². The van der Waals surface area contributed by atoms with Crippen molar-refractivity contribution in [2.24, 2.45) is 0 Å². The molecule has 172 valence electrons. The number of carbonyl (C=O) groups excluding carboxylic acids is 1. The van der Waals surface area contributed by atoms with Crippen molar-refractivity contribution in [1.82, 2.24) is 10.2 Å². The van der Waals surface area contributed by atoms with Gasteiger partial charge in [-0.05, 0) is 74.9 Å². The van der Waals surface area contributed by atoms with Crippen LogP contribution >= 0.6 is 0 Å². The highest BCUT2D eigenvalue weighted by atomic mass is 16.4. The Morgan fingerprint density at radius 1 is 0.909 bits per heavy atom. The van der Waals surface area contributed by atoms with Gasteiger partial charge in [-0.15, -0.1) is 0 Å². The number of hydrogen-bond donors (Lipinski definition) is 1. The molecule has 2 aromatic carbocycles. The summed E-state index contributed by atoms with van der Waals surface area (Å²) in [6.07, 6.45) is 0. The van der Waals surface area contributed by atoms with Crippen molar-refractivity contribution in [2.75, 3.05) is 31.1 Å². The molecular formula is C25H29N5O3. The Bertz CT molecular complexity index is 1150. The SMILES string of the molecule is Cc1cc(C)c(N(CCN2CCNC2=O)c2c(C)cc(C)c(C#[N+][O-])c2C)c(C)c1C#[N+][O-]. The summed E-state index contributed by atoms with van der Waals surface area (Å²) < 4.78 is 0. The summed E-state index contributed by atoms with van der Waals surface area (Å²) in [5, 5.41) is 30.7. The summed E-state index contributed by atoms with van der Waals surface area (Å²) in [7, 11) is 0. The van der Waals surface area contributed by atoms with Crippen LogP contribution in [0.2, 0.25) is 0 Å². The van der Waals surface area contributed by atoms with Crippen LogP contribution in [0.4, 0.5) is 16.2 Å². The Hall–Kier alpha value is -3.91. The lowest BCUT2D eigenvalue weighted by Gasteiger charge is -2.33. The molecule has 3 rings (SSSR count). The highest BCUT2D eigenvalue weighted by Crippen LogP contribution is 2.39. The van der Waals surface area contributed by atoms with Gasteiger partial charge in [-0.25, -0.2) is 4.79 Å². The molecule has 1 aliphatic heterocycles. The first-order chi connectivity index (χ1) is 15.7. The number of nitrogens with one attached hydrogen (secondary N) is 1. The molecule has 0 radical (unpaired) electrons. The minimum absolute atomic E-state index is 0.0790. The Balaban J connectivity index is 2.25. The van der Waals surface area contributed by atoms with Crippen molar-refractivity contribution >= 4 is 17.4 Å². The third-order valence-electron chi connectivity index (χ3n) is 6.26. The Kier molecular flexibility index (Phi) is 6.98. The van der Waals surface area contributed by atoms with Crippen molar-refractivity contribution in [1.29, 1.82) is 0 Å². The fourth-order valence-electron chi connectivity index (χ4n) is 4.90. The molecule has 0 bridgehead atoms. The standard InChI is InChI=1S/C25H29N5O3/c1-15-11-17(3)23(19(5)21(15)13-27-32)30(10-9-29-8-7-26-25(29)31)24-18(4)12-16(2)22(14-28-33)20(24)6/h11-12H,7-10H2,1-6H3,(H,26,31). The van der Waals surface area contributed by atoms with Crippen molar-refractivity contribution in [2.45, 2.75) is 41.5 Å². The van der Waals surface area contributed by atoms with Gasteiger partial charge in [0.05, 0.1) is 0 Å². The summed E-state index contributed by atoms with van der Waals surface area (Å²) in [4.78, 5) is 16.1. The third kappa shape index (κ3) is 4.51. The molecule has 0 aromatic heterocycles. The van der Waals surface area contributed by atoms with Crippen molar-refractivity contribution < 1.29 is 4.79 Å². The molecule has 1 fully saturated rings. The van der Waals surface area contributed by atoms with Gasteiger partial charge in [0, 0.05) is 47.6 Å². The average molecular weight is 448 g/mol. The average Bonchev–Trinajstić information content (AvgIpc) is 3.16. The second-order valence-electron chi connectivity index (χ2n) is 8.49. The van der Waals surface area contributed by atoms with Gasteiger partial charge >= 0.3 is 18.2 Å². The number of anilines is 2. The lowest BCUT2D eigenvalue weighted by Crippen LogP contribution is -2.36. The Morgan fingerprint density at radius 2 is 1.39 bits per heavy atom. The quantitative estimate of drug-likeness (QED) is 0.649. The number of carbonyl (C=O) groups is 1. The van der Waals surface area contributed by atoms with Gasteiger partial charge in [0.2, 0.25) is 0 Å². The van der Waals surface area contributed by atoms with Crippen LogP contribution in [-0.4, -0.2) is 37.1 Å². The van der Waals surface area contributed by atoms with E-state index in [-0.39, 0.29) is 6.03 Å². The van der Waals surface area contributed by atoms with E-state index >= 15 is 0 Å². The van der Waals surface area contributed by atoms with Gasteiger partial charge in [-0.2, -0.15) is 0 Å². The van der Waals surface area contributed by atoms with Crippen LogP contribution in [0.3, 0.4) is 0 Å². The van der Waals surface area contributed by atoms with E-state index in [0.717, 1.165) is 44.8 Å². The lowest BCUT2D eigenvalue weighted by molar-refractivity contribution is 0.218. The Labute approximate surface area is 194 Å². The van der Waals surface area contributed by atoms with Crippen molar-refractivity contribution in [3.8, 4) is 12.1 Å². The number of amides is 2. The number of nitrogens with zero attached hydrogens (tertiary/aromatic N) is 4. The maximum absolute atomic E-state index is 12.2. The van der Waals surface area contributed by atoms with Gasteiger partial charge in [-0.3, -0.25) is 0 Å². The number of rotatable bonds is 5. The maximum atomic E-state index is 12.2. The number of urea groups is 1. The molecule has 0 atom stereocenters. The monoisotopic (exact) mass is 447 g/mol. The van der Waals surface area contributed by atoms with E-state index in [1.807, 2.05) is 53.7 Å². The van der Waals surface area contributed by atoms with E-state index in [9.17, 15) is 15.2 Å². The van der Waals surface area contributed by atoms with E-state index < -0.39 is 0 Å². The zero-order valence-corrected chi connectivity index (χ0v) is 20.0. The molecule has 0 spiro atoms. The first-order valence-corrected chi connectivity index (χ1v) is 10.9. The van der Waals surface area contributed by atoms with Crippen molar-refractivity contribution in [3.05, 3.63) is 77.1 Å². The minimum atomic E-state index is -0.0790. The molecular weight excluding hydrogens is 418 g/mol. The van der Waals surface area contributed by atoms with Crippen LogP contribution in [0.5, 0.6) is 0 Å². The smallest absolute Gasteiger partial charge is 0.337 e. The van der Waals surface area contributed by atoms with E-state index in [0.29, 0.717) is 37.3 Å². The maximum Gasteiger partial charge on any atom is 0.337 e. The summed E-state index contributed by atoms with van der Waals surface area (Å²) in [5.41, 5.74) is 8.78. The van der Waals surface area contributed by atoms with Crippen LogP contribution in [0.1, 0.15) is 44.5 Å². The molecule has 0 aliphatic carbocycles. The number of aryl methyl sites for hydroxylation is 4. The largest absolute Gasteiger partial charge is 0.498 e. The molecule has 2 amide bonds. The fraction of sp³-hybridized carbons (Fsp3) is 0.400. The lowest BCUT2D eigenvalue weighted by atomic mass is 9.93. The van der Waals surface area contributed by atoms with Crippen molar-refractivity contribution in [3.63, 3.8) is 0 Å².